The summed E-state index contributed by atoms with van der Waals surface area (Å²) in [7, 11) is 1.54. The molecule has 2 saturated heterocycles. The van der Waals surface area contributed by atoms with E-state index in [0.717, 1.165) is 19.2 Å². The molecule has 2 aromatic carbocycles. The van der Waals surface area contributed by atoms with Crippen LogP contribution in [-0.4, -0.2) is 68.8 Å². The summed E-state index contributed by atoms with van der Waals surface area (Å²) < 4.78 is 50.6. The smallest absolute Gasteiger partial charge is 0.416 e. The van der Waals surface area contributed by atoms with E-state index in [1.165, 1.54) is 12.1 Å². The Kier molecular flexibility index (Phi) is 6.71. The molecule has 8 heteroatoms. The van der Waals surface area contributed by atoms with Crippen molar-refractivity contribution in [3.8, 4) is 5.75 Å². The minimum absolute atomic E-state index is 0.0335. The highest BCUT2D eigenvalue weighted by atomic mass is 19.4. The molecule has 0 radical (unpaired) electrons. The first kappa shape index (κ1) is 22.6. The Labute approximate surface area is 185 Å². The largest absolute Gasteiger partial charge is 0.497 e. The van der Waals surface area contributed by atoms with Crippen molar-refractivity contribution in [2.24, 2.45) is 5.92 Å². The van der Waals surface area contributed by atoms with Crippen LogP contribution >= 0.6 is 0 Å². The van der Waals surface area contributed by atoms with Crippen molar-refractivity contribution in [2.45, 2.75) is 12.1 Å². The predicted octanol–water partition coefficient (Wildman–Crippen LogP) is 3.90. The fourth-order valence-corrected chi connectivity index (χ4v) is 4.60. The van der Waals surface area contributed by atoms with Crippen molar-refractivity contribution < 1.29 is 27.4 Å². The number of likely N-dealkylation sites (tertiary alicyclic amines) is 1. The van der Waals surface area contributed by atoms with Gasteiger partial charge in [0.2, 0.25) is 0 Å². The van der Waals surface area contributed by atoms with E-state index in [-0.39, 0.29) is 17.7 Å². The fourth-order valence-electron chi connectivity index (χ4n) is 4.60. The van der Waals surface area contributed by atoms with Crippen LogP contribution in [-0.2, 0) is 10.9 Å². The quantitative estimate of drug-likeness (QED) is 0.696. The number of ether oxygens (including phenoxy) is 2. The first-order valence-corrected chi connectivity index (χ1v) is 10.8. The Morgan fingerprint density at radius 3 is 2.56 bits per heavy atom. The zero-order valence-electron chi connectivity index (χ0n) is 18.0. The summed E-state index contributed by atoms with van der Waals surface area (Å²) in [5, 5.41) is 0. The maximum Gasteiger partial charge on any atom is 0.416 e. The van der Waals surface area contributed by atoms with Gasteiger partial charge in [-0.25, -0.2) is 0 Å². The third-order valence-corrected chi connectivity index (χ3v) is 6.28. The van der Waals surface area contributed by atoms with Gasteiger partial charge in [0.1, 0.15) is 5.75 Å². The summed E-state index contributed by atoms with van der Waals surface area (Å²) in [6, 6.07) is 12.5. The van der Waals surface area contributed by atoms with Crippen molar-refractivity contribution in [2.75, 3.05) is 53.0 Å². The zero-order chi connectivity index (χ0) is 22.7. The van der Waals surface area contributed by atoms with E-state index in [2.05, 4.69) is 4.90 Å². The lowest BCUT2D eigenvalue weighted by Gasteiger charge is -2.31. The van der Waals surface area contributed by atoms with Crippen molar-refractivity contribution in [1.29, 1.82) is 0 Å². The molecule has 4 rings (SSSR count). The molecule has 2 aromatic rings. The second-order valence-corrected chi connectivity index (χ2v) is 8.34. The van der Waals surface area contributed by atoms with Crippen molar-refractivity contribution in [3.05, 3.63) is 65.2 Å². The number of carbonyl (C=O) groups is 1. The second kappa shape index (κ2) is 9.50. The topological polar surface area (TPSA) is 42.0 Å². The van der Waals surface area contributed by atoms with Crippen LogP contribution in [0.1, 0.15) is 27.4 Å². The van der Waals surface area contributed by atoms with Gasteiger partial charge in [-0.3, -0.25) is 9.69 Å². The van der Waals surface area contributed by atoms with Gasteiger partial charge in [0.25, 0.3) is 5.91 Å². The Morgan fingerprint density at radius 2 is 1.84 bits per heavy atom. The standard InChI is InChI=1S/C24H27F3N2O3/c1-31-21-7-3-5-18(13-21)23(30)29-15-19(14-28-8-10-32-11-9-28)22(16-29)17-4-2-6-20(12-17)24(25,26)27/h2-7,12-13,19,22H,8-11,14-16H2,1H3. The molecule has 2 aliphatic heterocycles. The molecular formula is C24H27F3N2O3. The lowest BCUT2D eigenvalue weighted by atomic mass is 9.87. The maximum absolute atomic E-state index is 13.3. The minimum Gasteiger partial charge on any atom is -0.497 e. The van der Waals surface area contributed by atoms with Crippen molar-refractivity contribution >= 4 is 5.91 Å². The minimum atomic E-state index is -4.40. The molecule has 1 amide bonds. The number of benzene rings is 2. The van der Waals surface area contributed by atoms with Gasteiger partial charge < -0.3 is 14.4 Å². The summed E-state index contributed by atoms with van der Waals surface area (Å²) in [6.45, 7) is 4.46. The number of hydrogen-bond donors (Lipinski definition) is 0. The van der Waals surface area contributed by atoms with E-state index in [0.29, 0.717) is 49.7 Å². The molecule has 2 atom stereocenters. The predicted molar refractivity (Wildman–Crippen MR) is 114 cm³/mol. The zero-order valence-corrected chi connectivity index (χ0v) is 18.0. The third kappa shape index (κ3) is 5.07. The molecule has 2 unspecified atom stereocenters. The first-order chi connectivity index (χ1) is 15.3. The molecule has 0 saturated carbocycles. The van der Waals surface area contributed by atoms with E-state index < -0.39 is 11.7 Å². The molecule has 2 heterocycles. The van der Waals surface area contributed by atoms with E-state index in [1.54, 1.807) is 42.3 Å². The molecular weight excluding hydrogens is 421 g/mol. The van der Waals surface area contributed by atoms with Crippen LogP contribution in [0.3, 0.4) is 0 Å². The summed E-state index contributed by atoms with van der Waals surface area (Å²) in [5.74, 6) is 0.320. The highest BCUT2D eigenvalue weighted by Gasteiger charge is 2.39. The molecule has 2 fully saturated rings. The Hall–Kier alpha value is -2.58. The van der Waals surface area contributed by atoms with Crippen LogP contribution in [0.2, 0.25) is 0 Å². The van der Waals surface area contributed by atoms with E-state index in [4.69, 9.17) is 9.47 Å². The first-order valence-electron chi connectivity index (χ1n) is 10.8. The Bertz CT molecular complexity index is 944. The van der Waals surface area contributed by atoms with Gasteiger partial charge in [-0.2, -0.15) is 13.2 Å². The number of nitrogens with zero attached hydrogens (tertiary/aromatic N) is 2. The molecule has 0 N–H and O–H groups in total. The van der Waals surface area contributed by atoms with E-state index in [9.17, 15) is 18.0 Å². The summed E-state index contributed by atoms with van der Waals surface area (Å²) in [5.41, 5.74) is 0.482. The van der Waals surface area contributed by atoms with Crippen LogP contribution in [0.15, 0.2) is 48.5 Å². The third-order valence-electron chi connectivity index (χ3n) is 6.28. The number of amides is 1. The normalized spacial score (nSPS) is 22.2. The average molecular weight is 448 g/mol. The van der Waals surface area contributed by atoms with Gasteiger partial charge in [0, 0.05) is 44.2 Å². The highest BCUT2D eigenvalue weighted by Crippen LogP contribution is 2.37. The maximum atomic E-state index is 13.3. The van der Waals surface area contributed by atoms with Crippen LogP contribution in [0, 0.1) is 5.92 Å². The Balaban J connectivity index is 1.59. The number of methoxy groups -OCH3 is 1. The molecule has 5 nitrogen and oxygen atoms in total. The Morgan fingerprint density at radius 1 is 1.09 bits per heavy atom. The van der Waals surface area contributed by atoms with Gasteiger partial charge in [-0.15, -0.1) is 0 Å². The number of hydrogen-bond acceptors (Lipinski definition) is 4. The lowest BCUT2D eigenvalue weighted by molar-refractivity contribution is -0.137. The van der Waals surface area contributed by atoms with Gasteiger partial charge in [0.15, 0.2) is 0 Å². The van der Waals surface area contributed by atoms with Gasteiger partial charge >= 0.3 is 6.18 Å². The highest BCUT2D eigenvalue weighted by molar-refractivity contribution is 5.94. The fraction of sp³-hybridized carbons (Fsp3) is 0.458. The molecule has 0 aliphatic carbocycles. The molecule has 32 heavy (non-hydrogen) atoms. The SMILES string of the molecule is COc1cccc(C(=O)N2CC(CN3CCOCC3)C(c3cccc(C(F)(F)F)c3)C2)c1. The molecule has 0 aromatic heterocycles. The van der Waals surface area contributed by atoms with Crippen LogP contribution in [0.25, 0.3) is 0 Å². The molecule has 172 valence electrons. The van der Waals surface area contributed by atoms with Gasteiger partial charge in [0.05, 0.1) is 25.9 Å². The second-order valence-electron chi connectivity index (χ2n) is 8.34. The van der Waals surface area contributed by atoms with Crippen molar-refractivity contribution in [3.63, 3.8) is 0 Å². The lowest BCUT2D eigenvalue weighted by Crippen LogP contribution is -2.41. The van der Waals surface area contributed by atoms with Crippen LogP contribution in [0.4, 0.5) is 13.2 Å². The monoisotopic (exact) mass is 448 g/mol. The molecule has 0 spiro atoms. The number of morpholine rings is 1. The molecule has 0 bridgehead atoms. The summed E-state index contributed by atoms with van der Waals surface area (Å²) in [4.78, 5) is 17.2. The van der Waals surface area contributed by atoms with Gasteiger partial charge in [-0.05, 0) is 35.7 Å². The van der Waals surface area contributed by atoms with Crippen LogP contribution < -0.4 is 4.74 Å². The van der Waals surface area contributed by atoms with E-state index >= 15 is 0 Å². The average Bonchev–Trinajstić information content (AvgIpc) is 3.22. The number of rotatable bonds is 5. The van der Waals surface area contributed by atoms with Crippen molar-refractivity contribution in [1.82, 2.24) is 9.80 Å². The summed E-state index contributed by atoms with van der Waals surface area (Å²) >= 11 is 0. The number of carbonyl (C=O) groups excluding carboxylic acids is 1. The van der Waals surface area contributed by atoms with Crippen LogP contribution in [0.5, 0.6) is 5.75 Å². The summed E-state index contributed by atoms with van der Waals surface area (Å²) in [6.07, 6.45) is -4.40. The van der Waals surface area contributed by atoms with Gasteiger partial charge in [-0.1, -0.05) is 24.3 Å². The number of alkyl halides is 3. The molecule has 2 aliphatic rings. The number of halogens is 3. The van der Waals surface area contributed by atoms with E-state index in [1.807, 2.05) is 0 Å².